The minimum atomic E-state index is -0.993. The first-order valence-corrected chi connectivity index (χ1v) is 13.1. The van der Waals surface area contributed by atoms with Crippen LogP contribution in [0.2, 0.25) is 0 Å². The molecule has 0 saturated heterocycles. The largest absolute Gasteiger partial charge is 0.479 e. The molecule has 2 N–H and O–H groups in total. The number of fused-ring (bicyclic) bond motifs is 3. The maximum absolute atomic E-state index is 11.5. The molecule has 198 valence electrons. The Balaban J connectivity index is 1.65. The van der Waals surface area contributed by atoms with Gasteiger partial charge in [0.25, 0.3) is 0 Å². The molecule has 0 saturated carbocycles. The van der Waals surface area contributed by atoms with Gasteiger partial charge in [-0.1, -0.05) is 86.6 Å². The average Bonchev–Trinajstić information content (AvgIpc) is 3.26. The summed E-state index contributed by atoms with van der Waals surface area (Å²) in [5.41, 5.74) is 5.88. The van der Waals surface area contributed by atoms with Gasteiger partial charge in [-0.15, -0.1) is 0 Å². The van der Waals surface area contributed by atoms with Crippen molar-refractivity contribution in [1.82, 2.24) is 0 Å². The summed E-state index contributed by atoms with van der Waals surface area (Å²) < 4.78 is 11.5. The van der Waals surface area contributed by atoms with Crippen LogP contribution < -0.4 is 9.47 Å². The van der Waals surface area contributed by atoms with Crippen LogP contribution in [-0.4, -0.2) is 34.4 Å². The van der Waals surface area contributed by atoms with Gasteiger partial charge in [0.15, 0.2) is 12.2 Å². The zero-order valence-corrected chi connectivity index (χ0v) is 21.8. The zero-order chi connectivity index (χ0) is 27.6. The number of carboxylic acid groups (broad SMARTS) is 2. The molecule has 5 rings (SSSR count). The zero-order valence-electron chi connectivity index (χ0n) is 21.8. The van der Waals surface area contributed by atoms with E-state index in [0.29, 0.717) is 24.3 Å². The van der Waals surface area contributed by atoms with Gasteiger partial charge in [0.1, 0.15) is 11.5 Å². The maximum atomic E-state index is 11.5. The van der Waals surface area contributed by atoms with Gasteiger partial charge in [-0.3, -0.25) is 0 Å². The highest BCUT2D eigenvalue weighted by Gasteiger charge is 2.45. The number of carbonyl (C=O) groups is 2. The Hall–Kier alpha value is -4.58. The van der Waals surface area contributed by atoms with Gasteiger partial charge in [0.05, 0.1) is 5.41 Å². The molecule has 0 spiro atoms. The molecule has 0 heterocycles. The van der Waals surface area contributed by atoms with E-state index in [4.69, 9.17) is 9.47 Å². The molecule has 1 aliphatic carbocycles. The van der Waals surface area contributed by atoms with Crippen molar-refractivity contribution >= 4 is 11.9 Å². The standard InChI is InChI=1S/C33H30O6/c1-3-29(31(34)35)38-23-17-13-21(14-18-23)33(22-15-19-24(20-16-22)39-30(4-2)32(36)37)27-11-7-5-9-25(27)26-10-6-8-12-28(26)33/h5-20,29-30H,3-4H2,1-2H3,(H,34,35)(H,36,37). The Bertz CT molecular complexity index is 1370. The van der Waals surface area contributed by atoms with Crippen molar-refractivity contribution in [3.05, 3.63) is 119 Å². The second kappa shape index (κ2) is 10.7. The van der Waals surface area contributed by atoms with Gasteiger partial charge in [-0.2, -0.15) is 0 Å². The van der Waals surface area contributed by atoms with Gasteiger partial charge < -0.3 is 19.7 Å². The molecule has 0 fully saturated rings. The average molecular weight is 523 g/mol. The lowest BCUT2D eigenvalue weighted by molar-refractivity contribution is -0.146. The second-order valence-corrected chi connectivity index (χ2v) is 9.60. The van der Waals surface area contributed by atoms with Crippen LogP contribution >= 0.6 is 0 Å². The fourth-order valence-electron chi connectivity index (χ4n) is 5.54. The van der Waals surface area contributed by atoms with E-state index >= 15 is 0 Å². The molecule has 0 amide bonds. The molecule has 39 heavy (non-hydrogen) atoms. The summed E-state index contributed by atoms with van der Waals surface area (Å²) in [7, 11) is 0. The van der Waals surface area contributed by atoms with Crippen LogP contribution in [0.3, 0.4) is 0 Å². The predicted octanol–water partition coefficient (Wildman–Crippen LogP) is 6.53. The van der Waals surface area contributed by atoms with Gasteiger partial charge in [0.2, 0.25) is 0 Å². The summed E-state index contributed by atoms with van der Waals surface area (Å²) in [5, 5.41) is 18.9. The van der Waals surface area contributed by atoms with Crippen LogP contribution in [-0.2, 0) is 15.0 Å². The van der Waals surface area contributed by atoms with Crippen molar-refractivity contribution in [1.29, 1.82) is 0 Å². The summed E-state index contributed by atoms with van der Waals surface area (Å²) in [4.78, 5) is 23.0. The molecule has 0 radical (unpaired) electrons. The smallest absolute Gasteiger partial charge is 0.344 e. The molecule has 4 aromatic rings. The van der Waals surface area contributed by atoms with Crippen LogP contribution in [0, 0.1) is 0 Å². The fourth-order valence-corrected chi connectivity index (χ4v) is 5.54. The summed E-state index contributed by atoms with van der Waals surface area (Å²) in [6.07, 6.45) is -1.11. The molecule has 1 aliphatic rings. The van der Waals surface area contributed by atoms with E-state index in [9.17, 15) is 19.8 Å². The van der Waals surface area contributed by atoms with Crippen molar-refractivity contribution in [2.45, 2.75) is 44.3 Å². The molecule has 0 aliphatic heterocycles. The predicted molar refractivity (Wildman–Crippen MR) is 148 cm³/mol. The topological polar surface area (TPSA) is 93.1 Å². The lowest BCUT2D eigenvalue weighted by Gasteiger charge is -2.34. The first kappa shape index (κ1) is 26.0. The summed E-state index contributed by atoms with van der Waals surface area (Å²) in [5.74, 6) is -1.00. The number of benzene rings is 4. The van der Waals surface area contributed by atoms with E-state index in [1.165, 1.54) is 0 Å². The van der Waals surface area contributed by atoms with Gasteiger partial charge in [-0.05, 0) is 70.5 Å². The number of ether oxygens (including phenoxy) is 2. The number of hydrogen-bond donors (Lipinski definition) is 2. The van der Waals surface area contributed by atoms with E-state index in [1.807, 2.05) is 72.8 Å². The minimum Gasteiger partial charge on any atom is -0.479 e. The fraction of sp³-hybridized carbons (Fsp3) is 0.212. The van der Waals surface area contributed by atoms with Crippen molar-refractivity contribution < 1.29 is 29.3 Å². The van der Waals surface area contributed by atoms with Crippen molar-refractivity contribution in [3.63, 3.8) is 0 Å². The van der Waals surface area contributed by atoms with Crippen LogP contribution in [0.1, 0.15) is 48.9 Å². The van der Waals surface area contributed by atoms with E-state index in [1.54, 1.807) is 13.8 Å². The maximum Gasteiger partial charge on any atom is 0.344 e. The van der Waals surface area contributed by atoms with Crippen LogP contribution in [0.15, 0.2) is 97.1 Å². The van der Waals surface area contributed by atoms with E-state index in [-0.39, 0.29) is 0 Å². The Labute approximate surface area is 227 Å². The third kappa shape index (κ3) is 4.52. The normalized spacial score (nSPS) is 14.5. The molecular weight excluding hydrogens is 492 g/mol. The Kier molecular flexibility index (Phi) is 7.11. The number of carboxylic acids is 2. The summed E-state index contributed by atoms with van der Waals surface area (Å²) >= 11 is 0. The number of hydrogen-bond acceptors (Lipinski definition) is 4. The second-order valence-electron chi connectivity index (χ2n) is 9.60. The van der Waals surface area contributed by atoms with E-state index in [0.717, 1.165) is 33.4 Å². The highest BCUT2D eigenvalue weighted by atomic mass is 16.5. The highest BCUT2D eigenvalue weighted by Crippen LogP contribution is 2.56. The Morgan fingerprint density at radius 3 is 1.31 bits per heavy atom. The SMILES string of the molecule is CCC(Oc1ccc(C2(c3ccc(OC(CC)C(=O)O)cc3)c3ccccc3-c3ccccc32)cc1)C(=O)O. The molecule has 2 unspecified atom stereocenters. The molecule has 0 aromatic heterocycles. The number of rotatable bonds is 10. The van der Waals surface area contributed by atoms with Gasteiger partial charge in [-0.25, -0.2) is 9.59 Å². The quantitative estimate of drug-likeness (QED) is 0.217. The molecular formula is C33H30O6. The van der Waals surface area contributed by atoms with Crippen molar-refractivity contribution in [2.24, 2.45) is 0 Å². The van der Waals surface area contributed by atoms with E-state index in [2.05, 4.69) is 24.3 Å². The van der Waals surface area contributed by atoms with Crippen molar-refractivity contribution in [3.8, 4) is 22.6 Å². The van der Waals surface area contributed by atoms with Crippen LogP contribution in [0.4, 0.5) is 0 Å². The van der Waals surface area contributed by atoms with Gasteiger partial charge in [0, 0.05) is 0 Å². The monoisotopic (exact) mass is 522 g/mol. The third-order valence-electron chi connectivity index (χ3n) is 7.38. The Morgan fingerprint density at radius 2 is 0.974 bits per heavy atom. The highest BCUT2D eigenvalue weighted by molar-refractivity contribution is 5.86. The lowest BCUT2D eigenvalue weighted by Crippen LogP contribution is -2.29. The first-order chi connectivity index (χ1) is 18.9. The first-order valence-electron chi connectivity index (χ1n) is 13.1. The minimum absolute atomic E-state index is 0.358. The van der Waals surface area contributed by atoms with Gasteiger partial charge >= 0.3 is 11.9 Å². The van der Waals surface area contributed by atoms with Crippen molar-refractivity contribution in [2.75, 3.05) is 0 Å². The third-order valence-corrected chi connectivity index (χ3v) is 7.38. The summed E-state index contributed by atoms with van der Waals surface area (Å²) in [6.45, 7) is 3.56. The van der Waals surface area contributed by atoms with Crippen LogP contribution in [0.5, 0.6) is 11.5 Å². The molecule has 2 atom stereocenters. The number of aliphatic carboxylic acids is 2. The molecule has 6 nitrogen and oxygen atoms in total. The molecule has 6 heteroatoms. The lowest BCUT2D eigenvalue weighted by atomic mass is 9.68. The van der Waals surface area contributed by atoms with E-state index < -0.39 is 29.6 Å². The summed E-state index contributed by atoms with van der Waals surface area (Å²) in [6, 6.07) is 31.9. The molecule has 0 bridgehead atoms. The Morgan fingerprint density at radius 1 is 0.615 bits per heavy atom. The van der Waals surface area contributed by atoms with Crippen LogP contribution in [0.25, 0.3) is 11.1 Å². The molecule has 4 aromatic carbocycles.